The van der Waals surface area contributed by atoms with Crippen molar-refractivity contribution in [1.29, 1.82) is 0 Å². The Morgan fingerprint density at radius 2 is 1.69 bits per heavy atom. The number of nitrogens with two attached hydrogens (primary N) is 1. The summed E-state index contributed by atoms with van der Waals surface area (Å²) in [6.07, 6.45) is 0. The van der Waals surface area contributed by atoms with Gasteiger partial charge in [0, 0.05) is 0 Å². The maximum absolute atomic E-state index is 8.69. The molecule has 0 bridgehead atoms. The molecule has 72 valence electrons. The van der Waals surface area contributed by atoms with Crippen LogP contribution in [0, 0.1) is 0 Å². The first-order valence-electron chi connectivity index (χ1n) is 3.40. The van der Waals surface area contributed by atoms with Gasteiger partial charge in [-0.15, -0.1) is 0 Å². The normalized spacial score (nSPS) is 14.2. The number of aliphatic imine (C=N–C) groups is 1. The van der Waals surface area contributed by atoms with Gasteiger partial charge in [-0.25, -0.2) is 4.99 Å². The highest BCUT2D eigenvalue weighted by Gasteiger charge is 2.17. The van der Waals surface area contributed by atoms with Crippen LogP contribution in [0.5, 0.6) is 0 Å². The van der Waals surface area contributed by atoms with E-state index in [0.29, 0.717) is 5.69 Å². The zero-order chi connectivity index (χ0) is 9.90. The van der Waals surface area contributed by atoms with Gasteiger partial charge in [0.05, 0.1) is 5.69 Å². The van der Waals surface area contributed by atoms with Crippen LogP contribution < -0.4 is 5.73 Å². The maximum atomic E-state index is 8.69. The number of rotatable bonds is 1. The van der Waals surface area contributed by atoms with Crippen molar-refractivity contribution in [3.63, 3.8) is 0 Å². The quantitative estimate of drug-likeness (QED) is 0.412. The molecule has 0 fully saturated rings. The molecule has 5 nitrogen and oxygen atoms in total. The minimum Gasteiger partial charge on any atom is -0.374 e. The van der Waals surface area contributed by atoms with E-state index in [1.54, 1.807) is 30.3 Å². The van der Waals surface area contributed by atoms with Crippen molar-refractivity contribution >= 4 is 21.7 Å². The van der Waals surface area contributed by atoms with E-state index >= 15 is 0 Å². The van der Waals surface area contributed by atoms with Crippen molar-refractivity contribution in [2.24, 2.45) is 10.7 Å². The number of amidine groups is 1. The Morgan fingerprint density at radius 3 is 2.15 bits per heavy atom. The first kappa shape index (κ1) is 10.0. The van der Waals surface area contributed by atoms with Crippen LogP contribution in [0.3, 0.4) is 0 Å². The second kappa shape index (κ2) is 3.75. The lowest BCUT2D eigenvalue weighted by atomic mass is 10.3. The standard InChI is InChI=1S/C7H10N2O3S/c8-7(13(10,11)12)9-6-4-2-1-3-5-6/h1-5,10-12H,(H2,8,9). The second-order valence-corrected chi connectivity index (χ2v) is 3.76. The van der Waals surface area contributed by atoms with Crippen LogP contribution in [0.2, 0.25) is 0 Å². The topological polar surface area (TPSA) is 99.1 Å². The Labute approximate surface area is 77.1 Å². The van der Waals surface area contributed by atoms with Gasteiger partial charge in [0.25, 0.3) is 0 Å². The fourth-order valence-electron chi connectivity index (χ4n) is 0.691. The average Bonchev–Trinajstić information content (AvgIpc) is 2.04. The van der Waals surface area contributed by atoms with Gasteiger partial charge in [-0.05, 0) is 12.1 Å². The molecule has 6 heteroatoms. The highest BCUT2D eigenvalue weighted by molar-refractivity contribution is 8.32. The molecule has 0 aliphatic carbocycles. The third-order valence-electron chi connectivity index (χ3n) is 1.28. The van der Waals surface area contributed by atoms with E-state index in [1.165, 1.54) is 0 Å². The third-order valence-corrected chi connectivity index (χ3v) is 1.93. The molecule has 5 N–H and O–H groups in total. The smallest absolute Gasteiger partial charge is 0.215 e. The molecule has 0 aliphatic rings. The summed E-state index contributed by atoms with van der Waals surface area (Å²) in [4.78, 5) is 3.61. The molecule has 13 heavy (non-hydrogen) atoms. The van der Waals surface area contributed by atoms with Crippen LogP contribution in [0.1, 0.15) is 0 Å². The van der Waals surface area contributed by atoms with Crippen LogP contribution in [-0.4, -0.2) is 18.8 Å². The first-order valence-corrected chi connectivity index (χ1v) is 4.90. The number of hydrogen-bond acceptors (Lipinski definition) is 4. The van der Waals surface area contributed by atoms with E-state index in [-0.39, 0.29) is 0 Å². The largest absolute Gasteiger partial charge is 0.374 e. The number of para-hydroxylation sites is 1. The predicted octanol–water partition coefficient (Wildman–Crippen LogP) is 1.86. The van der Waals surface area contributed by atoms with Crippen molar-refractivity contribution < 1.29 is 13.7 Å². The minimum absolute atomic E-state index is 0.453. The van der Waals surface area contributed by atoms with E-state index in [0.717, 1.165) is 0 Å². The summed E-state index contributed by atoms with van der Waals surface area (Å²) in [6.45, 7) is 0. The summed E-state index contributed by atoms with van der Waals surface area (Å²) in [6, 6.07) is 8.47. The summed E-state index contributed by atoms with van der Waals surface area (Å²) in [5.74, 6) is 0. The molecule has 0 saturated carbocycles. The predicted molar refractivity (Wildman–Crippen MR) is 53.2 cm³/mol. The number of nitrogens with zero attached hydrogens (tertiary/aromatic N) is 1. The maximum Gasteiger partial charge on any atom is 0.215 e. The van der Waals surface area contributed by atoms with Crippen molar-refractivity contribution in [2.75, 3.05) is 0 Å². The zero-order valence-electron chi connectivity index (χ0n) is 6.66. The average molecular weight is 202 g/mol. The van der Waals surface area contributed by atoms with Crippen molar-refractivity contribution in [3.8, 4) is 0 Å². The fourth-order valence-corrected chi connectivity index (χ4v) is 0.919. The molecule has 0 spiro atoms. The zero-order valence-corrected chi connectivity index (χ0v) is 7.48. The summed E-state index contributed by atoms with van der Waals surface area (Å²) in [5.41, 5.74) is 5.57. The van der Waals surface area contributed by atoms with Crippen LogP contribution in [0.4, 0.5) is 5.69 Å². The van der Waals surface area contributed by atoms with Crippen molar-refractivity contribution in [1.82, 2.24) is 0 Å². The molecule has 0 aromatic heterocycles. The van der Waals surface area contributed by atoms with Gasteiger partial charge in [0.1, 0.15) is 10.9 Å². The van der Waals surface area contributed by atoms with Gasteiger partial charge >= 0.3 is 0 Å². The lowest BCUT2D eigenvalue weighted by molar-refractivity contribution is 0.393. The number of benzene rings is 1. The Morgan fingerprint density at radius 1 is 1.15 bits per heavy atom. The Hall–Kier alpha value is -1.08. The highest BCUT2D eigenvalue weighted by atomic mass is 32.3. The molecule has 1 rings (SSSR count). The SMILES string of the molecule is NC(=Nc1ccccc1)S(O)(O)O. The summed E-state index contributed by atoms with van der Waals surface area (Å²) < 4.78 is 26.1. The van der Waals surface area contributed by atoms with E-state index in [9.17, 15) is 0 Å². The molecular formula is C7H10N2O3S. The molecule has 1 aromatic carbocycles. The van der Waals surface area contributed by atoms with Crippen LogP contribution in [0.15, 0.2) is 35.3 Å². The molecule has 1 aromatic rings. The molecule has 0 heterocycles. The van der Waals surface area contributed by atoms with Crippen LogP contribution in [0.25, 0.3) is 0 Å². The summed E-state index contributed by atoms with van der Waals surface area (Å²) in [7, 11) is -3.87. The molecule has 0 saturated heterocycles. The molecule has 0 atom stereocenters. The molecule has 0 amide bonds. The monoisotopic (exact) mass is 202 g/mol. The van der Waals surface area contributed by atoms with Crippen molar-refractivity contribution in [3.05, 3.63) is 30.3 Å². The first-order chi connectivity index (χ1) is 6.00. The van der Waals surface area contributed by atoms with Gasteiger partial charge in [0.2, 0.25) is 5.17 Å². The molecular weight excluding hydrogens is 192 g/mol. The fraction of sp³-hybridized carbons (Fsp3) is 0. The summed E-state index contributed by atoms with van der Waals surface area (Å²) >= 11 is 0. The lowest BCUT2D eigenvalue weighted by Crippen LogP contribution is -2.19. The van der Waals surface area contributed by atoms with Gasteiger partial charge in [-0.2, -0.15) is 0 Å². The molecule has 0 aliphatic heterocycles. The number of hydrogen-bond donors (Lipinski definition) is 4. The molecule has 0 unspecified atom stereocenters. The highest BCUT2D eigenvalue weighted by Crippen LogP contribution is 2.33. The Bertz CT molecular complexity index is 307. The van der Waals surface area contributed by atoms with E-state index in [4.69, 9.17) is 19.4 Å². The van der Waals surface area contributed by atoms with Gasteiger partial charge in [0.15, 0.2) is 0 Å². The van der Waals surface area contributed by atoms with Gasteiger partial charge in [-0.3, -0.25) is 0 Å². The van der Waals surface area contributed by atoms with Crippen LogP contribution >= 0.6 is 10.9 Å². The van der Waals surface area contributed by atoms with Crippen molar-refractivity contribution in [2.45, 2.75) is 0 Å². The second-order valence-electron chi connectivity index (χ2n) is 2.30. The van der Waals surface area contributed by atoms with Gasteiger partial charge in [-0.1, -0.05) is 18.2 Å². The summed E-state index contributed by atoms with van der Waals surface area (Å²) in [5, 5.41) is -0.585. The minimum atomic E-state index is -3.87. The van der Waals surface area contributed by atoms with Crippen LogP contribution in [-0.2, 0) is 0 Å². The lowest BCUT2D eigenvalue weighted by Gasteiger charge is -2.16. The van der Waals surface area contributed by atoms with E-state index < -0.39 is 16.0 Å². The van der Waals surface area contributed by atoms with Gasteiger partial charge < -0.3 is 19.4 Å². The molecule has 0 radical (unpaired) electrons. The van der Waals surface area contributed by atoms with E-state index in [2.05, 4.69) is 4.99 Å². The van der Waals surface area contributed by atoms with E-state index in [1.807, 2.05) is 0 Å². The Kier molecular flexibility index (Phi) is 2.89. The Balaban J connectivity index is 2.90. The third kappa shape index (κ3) is 3.03.